The van der Waals surface area contributed by atoms with E-state index < -0.39 is 29.7 Å². The van der Waals surface area contributed by atoms with Crippen LogP contribution < -0.4 is 5.32 Å². The number of halogens is 7. The van der Waals surface area contributed by atoms with Gasteiger partial charge in [0.1, 0.15) is 0 Å². The first-order chi connectivity index (χ1) is 13.1. The second-order valence-corrected chi connectivity index (χ2v) is 7.43. The molecule has 1 aromatic rings. The molecule has 0 unspecified atom stereocenters. The van der Waals surface area contributed by atoms with E-state index >= 15 is 0 Å². The molecule has 0 aliphatic carbocycles. The van der Waals surface area contributed by atoms with Crippen LogP contribution in [0.25, 0.3) is 0 Å². The number of carbonyl (C=O) groups is 1. The van der Waals surface area contributed by atoms with Crippen LogP contribution >= 0.6 is 12.4 Å². The Hall–Kier alpha value is -1.48. The van der Waals surface area contributed by atoms with E-state index in [1.54, 1.807) is 0 Å². The lowest BCUT2D eigenvalue weighted by atomic mass is 9.85. The number of hydrogen-bond donors (Lipinski definition) is 1. The van der Waals surface area contributed by atoms with E-state index in [0.29, 0.717) is 25.9 Å². The van der Waals surface area contributed by atoms with Crippen molar-refractivity contribution in [1.82, 2.24) is 10.2 Å². The quantitative estimate of drug-likeness (QED) is 0.650. The Balaban J connectivity index is 0.00000300. The molecule has 0 atom stereocenters. The van der Waals surface area contributed by atoms with Gasteiger partial charge in [0.25, 0.3) is 5.91 Å². The van der Waals surface area contributed by atoms with Crippen molar-refractivity contribution in [3.63, 3.8) is 0 Å². The van der Waals surface area contributed by atoms with E-state index in [0.717, 1.165) is 12.1 Å². The number of rotatable bonds is 2. The summed E-state index contributed by atoms with van der Waals surface area (Å²) >= 11 is 0. The molecule has 0 spiro atoms. The average molecular weight is 445 g/mol. The van der Waals surface area contributed by atoms with Crippen LogP contribution in [0.4, 0.5) is 26.3 Å². The van der Waals surface area contributed by atoms with Gasteiger partial charge in [0.2, 0.25) is 0 Å². The molecule has 2 heterocycles. The predicted octanol–water partition coefficient (Wildman–Crippen LogP) is 5.01. The number of likely N-dealkylation sites (tertiary alicyclic amines) is 1. The van der Waals surface area contributed by atoms with Crippen LogP contribution in [-0.4, -0.2) is 43.2 Å². The molecule has 1 N–H and O–H groups in total. The number of hydrogen-bond acceptors (Lipinski definition) is 2. The molecular formula is C19H23ClF6N2O. The Bertz CT molecular complexity index is 708. The number of nitrogens with zero attached hydrogens (tertiary/aromatic N) is 1. The van der Waals surface area contributed by atoms with E-state index in [2.05, 4.69) is 5.32 Å². The molecule has 1 amide bonds. The van der Waals surface area contributed by atoms with Crippen LogP contribution in [0, 0.1) is 5.92 Å². The molecule has 10 heteroatoms. The summed E-state index contributed by atoms with van der Waals surface area (Å²) in [5.74, 6) is -2.25. The van der Waals surface area contributed by atoms with Crippen LogP contribution in [0.15, 0.2) is 18.2 Å². The molecule has 2 fully saturated rings. The van der Waals surface area contributed by atoms with Crippen molar-refractivity contribution in [3.05, 3.63) is 34.9 Å². The van der Waals surface area contributed by atoms with Crippen molar-refractivity contribution in [1.29, 1.82) is 0 Å². The lowest BCUT2D eigenvalue weighted by Gasteiger charge is -2.33. The zero-order valence-corrected chi connectivity index (χ0v) is 16.4. The van der Waals surface area contributed by atoms with Crippen LogP contribution in [-0.2, 0) is 6.18 Å². The summed E-state index contributed by atoms with van der Waals surface area (Å²) in [5.41, 5.74) is -0.538. The molecule has 29 heavy (non-hydrogen) atoms. The molecule has 2 saturated heterocycles. The standard InChI is InChI=1S/C19H22F6N2O.ClH/c20-18(21,22)14-5-9-27(10-6-14)17(28)13-1-2-16(19(23,24)25)15(11-13)12-3-7-26-8-4-12;/h1-2,11-12,14,26H,3-10H2;1H. The van der Waals surface area contributed by atoms with Crippen molar-refractivity contribution >= 4 is 18.3 Å². The molecule has 0 saturated carbocycles. The van der Waals surface area contributed by atoms with Crippen molar-refractivity contribution in [2.45, 2.75) is 44.0 Å². The summed E-state index contributed by atoms with van der Waals surface area (Å²) in [5, 5.41) is 3.10. The fraction of sp³-hybridized carbons (Fsp3) is 0.632. The van der Waals surface area contributed by atoms with Crippen LogP contribution in [0.2, 0.25) is 0 Å². The number of benzene rings is 1. The smallest absolute Gasteiger partial charge is 0.339 e. The fourth-order valence-electron chi connectivity index (χ4n) is 4.02. The van der Waals surface area contributed by atoms with Crippen LogP contribution in [0.3, 0.4) is 0 Å². The molecule has 1 aromatic carbocycles. The first-order valence-corrected chi connectivity index (χ1v) is 9.35. The van der Waals surface area contributed by atoms with Gasteiger partial charge in [-0.05, 0) is 68.5 Å². The van der Waals surface area contributed by atoms with Gasteiger partial charge in [0, 0.05) is 18.7 Å². The normalized spacial score (nSPS) is 19.7. The third-order valence-electron chi connectivity index (χ3n) is 5.63. The van der Waals surface area contributed by atoms with Crippen molar-refractivity contribution in [2.24, 2.45) is 5.92 Å². The summed E-state index contributed by atoms with van der Waals surface area (Å²) in [7, 11) is 0. The summed E-state index contributed by atoms with van der Waals surface area (Å²) in [4.78, 5) is 14.0. The lowest BCUT2D eigenvalue weighted by molar-refractivity contribution is -0.183. The van der Waals surface area contributed by atoms with Gasteiger partial charge in [-0.15, -0.1) is 12.4 Å². The summed E-state index contributed by atoms with van der Waals surface area (Å²) in [6.45, 7) is 1.11. The average Bonchev–Trinajstić information content (AvgIpc) is 2.66. The third-order valence-corrected chi connectivity index (χ3v) is 5.63. The summed E-state index contributed by atoms with van der Waals surface area (Å²) in [6.07, 6.45) is -8.10. The molecular weight excluding hydrogens is 422 g/mol. The molecule has 2 aliphatic rings. The van der Waals surface area contributed by atoms with Crippen molar-refractivity contribution < 1.29 is 31.1 Å². The molecule has 0 radical (unpaired) electrons. The van der Waals surface area contributed by atoms with E-state index in [-0.39, 0.29) is 55.4 Å². The maximum Gasteiger partial charge on any atom is 0.416 e. The van der Waals surface area contributed by atoms with Gasteiger partial charge in [-0.3, -0.25) is 4.79 Å². The summed E-state index contributed by atoms with van der Waals surface area (Å²) < 4.78 is 78.7. The van der Waals surface area contributed by atoms with Crippen LogP contribution in [0.1, 0.15) is 53.1 Å². The Morgan fingerprint density at radius 3 is 2.07 bits per heavy atom. The van der Waals surface area contributed by atoms with E-state index in [9.17, 15) is 31.1 Å². The Labute approximate surface area is 171 Å². The maximum absolute atomic E-state index is 13.4. The van der Waals surface area contributed by atoms with E-state index in [4.69, 9.17) is 0 Å². The van der Waals surface area contributed by atoms with Gasteiger partial charge in [0.15, 0.2) is 0 Å². The van der Waals surface area contributed by atoms with Gasteiger partial charge in [0.05, 0.1) is 11.5 Å². The van der Waals surface area contributed by atoms with Gasteiger partial charge < -0.3 is 10.2 Å². The number of carbonyl (C=O) groups excluding carboxylic acids is 1. The van der Waals surface area contributed by atoms with E-state index in [1.165, 1.54) is 11.0 Å². The number of alkyl halides is 6. The Morgan fingerprint density at radius 2 is 1.55 bits per heavy atom. The minimum absolute atomic E-state index is 0. The van der Waals surface area contributed by atoms with Gasteiger partial charge in [-0.1, -0.05) is 0 Å². The van der Waals surface area contributed by atoms with Crippen molar-refractivity contribution in [3.8, 4) is 0 Å². The number of amides is 1. The van der Waals surface area contributed by atoms with Gasteiger partial charge >= 0.3 is 12.4 Å². The first kappa shape index (κ1) is 23.8. The highest BCUT2D eigenvalue weighted by Crippen LogP contribution is 2.39. The maximum atomic E-state index is 13.4. The minimum Gasteiger partial charge on any atom is -0.339 e. The fourth-order valence-corrected chi connectivity index (χ4v) is 4.02. The van der Waals surface area contributed by atoms with E-state index in [1.807, 2.05) is 0 Å². The Kier molecular flexibility index (Phi) is 7.48. The molecule has 2 aliphatic heterocycles. The molecule has 0 aromatic heterocycles. The molecule has 3 rings (SSSR count). The number of piperidine rings is 2. The monoisotopic (exact) mass is 444 g/mol. The first-order valence-electron chi connectivity index (χ1n) is 9.35. The van der Waals surface area contributed by atoms with Gasteiger partial charge in [-0.2, -0.15) is 26.3 Å². The highest BCUT2D eigenvalue weighted by atomic mass is 35.5. The van der Waals surface area contributed by atoms with Crippen LogP contribution in [0.5, 0.6) is 0 Å². The van der Waals surface area contributed by atoms with Crippen molar-refractivity contribution in [2.75, 3.05) is 26.2 Å². The SMILES string of the molecule is Cl.O=C(c1ccc(C(F)(F)F)c(C2CCNCC2)c1)N1CCC(C(F)(F)F)CC1. The Morgan fingerprint density at radius 1 is 0.966 bits per heavy atom. The zero-order valence-electron chi connectivity index (χ0n) is 15.6. The summed E-state index contributed by atoms with van der Waals surface area (Å²) in [6, 6.07) is 3.34. The second kappa shape index (κ2) is 9.12. The second-order valence-electron chi connectivity index (χ2n) is 7.43. The predicted molar refractivity (Wildman–Crippen MR) is 98.2 cm³/mol. The highest BCUT2D eigenvalue weighted by Gasteiger charge is 2.42. The third kappa shape index (κ3) is 5.57. The highest BCUT2D eigenvalue weighted by molar-refractivity contribution is 5.94. The largest absolute Gasteiger partial charge is 0.416 e. The topological polar surface area (TPSA) is 32.3 Å². The molecule has 0 bridgehead atoms. The van der Waals surface area contributed by atoms with Gasteiger partial charge in [-0.25, -0.2) is 0 Å². The molecule has 164 valence electrons. The molecule has 3 nitrogen and oxygen atoms in total. The minimum atomic E-state index is -4.52. The lowest BCUT2D eigenvalue weighted by Crippen LogP contribution is -2.42. The number of nitrogens with one attached hydrogen (secondary N) is 1. The zero-order chi connectivity index (χ0) is 20.5.